The van der Waals surface area contributed by atoms with Crippen molar-refractivity contribution in [2.45, 2.75) is 18.9 Å². The third-order valence-corrected chi connectivity index (χ3v) is 4.15. The molecule has 1 atom stereocenters. The molecule has 1 aromatic carbocycles. The van der Waals surface area contributed by atoms with Crippen LogP contribution in [0, 0.1) is 0 Å². The van der Waals surface area contributed by atoms with Crippen molar-refractivity contribution in [3.8, 4) is 0 Å². The first-order valence-corrected chi connectivity index (χ1v) is 7.73. The lowest BCUT2D eigenvalue weighted by Crippen LogP contribution is -2.30. The van der Waals surface area contributed by atoms with Crippen molar-refractivity contribution in [2.24, 2.45) is 0 Å². The molecule has 1 unspecified atom stereocenters. The number of ether oxygens (including phenoxy) is 1. The third-order valence-electron chi connectivity index (χ3n) is 3.66. The summed E-state index contributed by atoms with van der Waals surface area (Å²) in [6.45, 7) is 4.03. The van der Waals surface area contributed by atoms with Gasteiger partial charge in [-0.25, -0.2) is 0 Å². The number of benzene rings is 1. The second-order valence-electron chi connectivity index (χ2n) is 5.15. The molecule has 2 rings (SSSR count). The van der Waals surface area contributed by atoms with Crippen molar-refractivity contribution in [3.63, 3.8) is 0 Å². The summed E-state index contributed by atoms with van der Waals surface area (Å²) in [5.41, 5.74) is 2.81. The maximum absolute atomic E-state index is 5.94. The lowest BCUT2D eigenvalue weighted by atomic mass is 9.96. The van der Waals surface area contributed by atoms with Crippen LogP contribution >= 0.6 is 15.9 Å². The van der Waals surface area contributed by atoms with Gasteiger partial charge in [-0.2, -0.15) is 0 Å². The molecule has 1 aliphatic rings. The minimum Gasteiger partial charge on any atom is -0.373 e. The Morgan fingerprint density at radius 2 is 2.26 bits per heavy atom. The predicted molar refractivity (Wildman–Crippen MR) is 82.6 cm³/mol. The van der Waals surface area contributed by atoms with Crippen LogP contribution in [0.4, 0.5) is 0 Å². The van der Waals surface area contributed by atoms with E-state index in [4.69, 9.17) is 4.74 Å². The molecule has 0 fully saturated rings. The fourth-order valence-corrected chi connectivity index (χ4v) is 2.91. The van der Waals surface area contributed by atoms with Gasteiger partial charge in [0, 0.05) is 24.1 Å². The zero-order chi connectivity index (χ0) is 13.7. The third kappa shape index (κ3) is 4.28. The maximum atomic E-state index is 5.94. The smallest absolute Gasteiger partial charge is 0.0839 e. The Morgan fingerprint density at radius 3 is 3.05 bits per heavy atom. The van der Waals surface area contributed by atoms with Crippen LogP contribution in [0.5, 0.6) is 0 Å². The standard InChI is InChI=1S/C15H23BrN2O/c1-17-7-9-18(2)8-5-15-14-4-3-13(16)11-12(14)6-10-19-15/h3-4,11,15,17H,5-10H2,1-2H3. The number of halogens is 1. The van der Waals surface area contributed by atoms with E-state index in [1.807, 2.05) is 7.05 Å². The molecule has 19 heavy (non-hydrogen) atoms. The van der Waals surface area contributed by atoms with E-state index in [0.29, 0.717) is 0 Å². The molecule has 0 radical (unpaired) electrons. The average molecular weight is 327 g/mol. The highest BCUT2D eigenvalue weighted by atomic mass is 79.9. The number of nitrogens with one attached hydrogen (secondary N) is 1. The molecule has 0 bridgehead atoms. The van der Waals surface area contributed by atoms with Crippen LogP contribution in [0.15, 0.2) is 22.7 Å². The van der Waals surface area contributed by atoms with Crippen LogP contribution in [0.2, 0.25) is 0 Å². The predicted octanol–water partition coefficient (Wildman–Crippen LogP) is 2.60. The van der Waals surface area contributed by atoms with Gasteiger partial charge in [0.2, 0.25) is 0 Å². The van der Waals surface area contributed by atoms with Crippen LogP contribution in [-0.2, 0) is 11.2 Å². The van der Waals surface area contributed by atoms with Crippen molar-refractivity contribution in [1.29, 1.82) is 0 Å². The number of rotatable bonds is 6. The van der Waals surface area contributed by atoms with Crippen molar-refractivity contribution in [3.05, 3.63) is 33.8 Å². The molecule has 0 aliphatic carbocycles. The van der Waals surface area contributed by atoms with E-state index >= 15 is 0 Å². The van der Waals surface area contributed by atoms with Crippen molar-refractivity contribution in [2.75, 3.05) is 40.3 Å². The van der Waals surface area contributed by atoms with Crippen LogP contribution in [0.3, 0.4) is 0 Å². The van der Waals surface area contributed by atoms with Crippen molar-refractivity contribution >= 4 is 15.9 Å². The highest BCUT2D eigenvalue weighted by molar-refractivity contribution is 9.10. The SMILES string of the molecule is CNCCN(C)CCC1OCCc2cc(Br)ccc21. The molecular weight excluding hydrogens is 304 g/mol. The van der Waals surface area contributed by atoms with Gasteiger partial charge in [0.1, 0.15) is 0 Å². The number of hydrogen-bond acceptors (Lipinski definition) is 3. The number of likely N-dealkylation sites (N-methyl/N-ethyl adjacent to an activating group) is 2. The number of hydrogen-bond donors (Lipinski definition) is 1. The van der Waals surface area contributed by atoms with Gasteiger partial charge in [-0.05, 0) is 50.2 Å². The molecule has 1 aliphatic heterocycles. The Labute approximate surface area is 124 Å². The highest BCUT2D eigenvalue weighted by Gasteiger charge is 2.21. The summed E-state index contributed by atoms with van der Waals surface area (Å²) in [7, 11) is 4.16. The zero-order valence-corrected chi connectivity index (χ0v) is 13.4. The minimum atomic E-state index is 0.258. The van der Waals surface area contributed by atoms with Crippen LogP contribution in [-0.4, -0.2) is 45.2 Å². The molecule has 0 saturated carbocycles. The highest BCUT2D eigenvalue weighted by Crippen LogP contribution is 2.31. The Kier molecular flexibility index (Phi) is 5.82. The summed E-state index contributed by atoms with van der Waals surface area (Å²) in [5.74, 6) is 0. The van der Waals surface area contributed by atoms with Gasteiger partial charge in [-0.15, -0.1) is 0 Å². The van der Waals surface area contributed by atoms with Gasteiger partial charge in [0.25, 0.3) is 0 Å². The summed E-state index contributed by atoms with van der Waals surface area (Å²) < 4.78 is 7.11. The van der Waals surface area contributed by atoms with Gasteiger partial charge in [-0.3, -0.25) is 0 Å². The molecular formula is C15H23BrN2O. The Bertz CT molecular complexity index is 411. The van der Waals surface area contributed by atoms with E-state index < -0.39 is 0 Å². The molecule has 0 saturated heterocycles. The first-order valence-electron chi connectivity index (χ1n) is 6.94. The molecule has 0 amide bonds. The van der Waals surface area contributed by atoms with Crippen molar-refractivity contribution in [1.82, 2.24) is 10.2 Å². The van der Waals surface area contributed by atoms with Gasteiger partial charge in [0.05, 0.1) is 12.7 Å². The fraction of sp³-hybridized carbons (Fsp3) is 0.600. The second kappa shape index (κ2) is 7.39. The molecule has 1 N–H and O–H groups in total. The Hall–Kier alpha value is -0.420. The Morgan fingerprint density at radius 1 is 1.42 bits per heavy atom. The van der Waals surface area contributed by atoms with Crippen LogP contribution < -0.4 is 5.32 Å². The maximum Gasteiger partial charge on any atom is 0.0839 e. The second-order valence-corrected chi connectivity index (χ2v) is 6.06. The summed E-state index contributed by atoms with van der Waals surface area (Å²) in [5, 5.41) is 3.18. The number of fused-ring (bicyclic) bond motifs is 1. The van der Waals surface area contributed by atoms with Gasteiger partial charge >= 0.3 is 0 Å². The lowest BCUT2D eigenvalue weighted by Gasteiger charge is -2.28. The Balaban J connectivity index is 1.92. The molecule has 0 spiro atoms. The zero-order valence-electron chi connectivity index (χ0n) is 11.8. The molecule has 3 nitrogen and oxygen atoms in total. The van der Waals surface area contributed by atoms with Gasteiger partial charge < -0.3 is 15.0 Å². The van der Waals surface area contributed by atoms with E-state index in [2.05, 4.69) is 51.4 Å². The first kappa shape index (κ1) is 15.0. The molecule has 1 aromatic rings. The van der Waals surface area contributed by atoms with Gasteiger partial charge in [0.15, 0.2) is 0 Å². The normalized spacial score (nSPS) is 18.6. The molecule has 1 heterocycles. The van der Waals surface area contributed by atoms with E-state index in [1.54, 1.807) is 0 Å². The van der Waals surface area contributed by atoms with Crippen LogP contribution in [0.25, 0.3) is 0 Å². The largest absolute Gasteiger partial charge is 0.373 e. The monoisotopic (exact) mass is 326 g/mol. The van der Waals surface area contributed by atoms with Gasteiger partial charge in [-0.1, -0.05) is 22.0 Å². The van der Waals surface area contributed by atoms with E-state index in [0.717, 1.165) is 43.6 Å². The van der Waals surface area contributed by atoms with Crippen LogP contribution in [0.1, 0.15) is 23.7 Å². The minimum absolute atomic E-state index is 0.258. The average Bonchev–Trinajstić information content (AvgIpc) is 2.42. The lowest BCUT2D eigenvalue weighted by molar-refractivity contribution is 0.0310. The summed E-state index contributed by atoms with van der Waals surface area (Å²) >= 11 is 3.54. The summed E-state index contributed by atoms with van der Waals surface area (Å²) in [6.07, 6.45) is 2.35. The molecule has 106 valence electrons. The fourth-order valence-electron chi connectivity index (χ4n) is 2.50. The molecule has 0 aromatic heterocycles. The van der Waals surface area contributed by atoms with E-state index in [9.17, 15) is 0 Å². The molecule has 4 heteroatoms. The number of nitrogens with zero attached hydrogens (tertiary/aromatic N) is 1. The summed E-state index contributed by atoms with van der Waals surface area (Å²) in [6, 6.07) is 6.55. The van der Waals surface area contributed by atoms with Crippen molar-refractivity contribution < 1.29 is 4.74 Å². The summed E-state index contributed by atoms with van der Waals surface area (Å²) in [4.78, 5) is 2.35. The first-order chi connectivity index (χ1) is 9.20. The van der Waals surface area contributed by atoms with E-state index in [-0.39, 0.29) is 6.10 Å². The quantitative estimate of drug-likeness (QED) is 0.869. The topological polar surface area (TPSA) is 24.5 Å². The van der Waals surface area contributed by atoms with E-state index in [1.165, 1.54) is 11.1 Å².